The Kier molecular flexibility index (Phi) is 7.06. The van der Waals surface area contributed by atoms with Gasteiger partial charge in [-0.1, -0.05) is 26.2 Å². The van der Waals surface area contributed by atoms with Crippen molar-refractivity contribution in [1.29, 1.82) is 0 Å². The maximum absolute atomic E-state index is 12.0. The van der Waals surface area contributed by atoms with Crippen molar-refractivity contribution in [2.75, 3.05) is 11.9 Å². The van der Waals surface area contributed by atoms with Crippen LogP contribution < -0.4 is 5.32 Å². The lowest BCUT2D eigenvalue weighted by Gasteiger charge is -2.13. The summed E-state index contributed by atoms with van der Waals surface area (Å²) in [4.78, 5) is 10.7. The summed E-state index contributed by atoms with van der Waals surface area (Å²) in [6, 6.07) is 3.41. The van der Waals surface area contributed by atoms with E-state index < -0.39 is 41.9 Å². The molecule has 0 aliphatic heterocycles. The summed E-state index contributed by atoms with van der Waals surface area (Å²) in [6.07, 6.45) is 2.57. The van der Waals surface area contributed by atoms with E-state index in [9.17, 15) is 35.8 Å². The van der Waals surface area contributed by atoms with Crippen molar-refractivity contribution in [1.82, 2.24) is 0 Å². The number of benzene rings is 2. The van der Waals surface area contributed by atoms with E-state index in [2.05, 4.69) is 5.32 Å². The molecule has 4 N–H and O–H groups in total. The zero-order chi connectivity index (χ0) is 21.8. The number of nitrogens with one attached hydrogen (secondary N) is 1. The van der Waals surface area contributed by atoms with Gasteiger partial charge in [-0.3, -0.25) is 14.4 Å². The second kappa shape index (κ2) is 8.95. The largest absolute Gasteiger partial charge is 0.507 e. The SMILES string of the molecule is CCCCCCOC(=O)Nc1cc(S(=O)(=O)O)cc2cc(S(=O)(=O)O)cc(O)c12. The molecule has 1 amide bonds. The van der Waals surface area contributed by atoms with Crippen molar-refractivity contribution >= 4 is 42.8 Å². The Morgan fingerprint density at radius 2 is 1.55 bits per heavy atom. The molecule has 160 valence electrons. The van der Waals surface area contributed by atoms with Gasteiger partial charge in [0.25, 0.3) is 20.2 Å². The average molecular weight is 447 g/mol. The summed E-state index contributed by atoms with van der Waals surface area (Å²) in [5.74, 6) is -0.643. The number of hydrogen-bond donors (Lipinski definition) is 4. The van der Waals surface area contributed by atoms with Gasteiger partial charge in [-0.05, 0) is 30.0 Å². The quantitative estimate of drug-likeness (QED) is 0.351. The summed E-state index contributed by atoms with van der Waals surface area (Å²) in [6.45, 7) is 2.15. The Morgan fingerprint density at radius 3 is 2.10 bits per heavy atom. The van der Waals surface area contributed by atoms with E-state index in [1.165, 1.54) is 0 Å². The number of phenols is 1. The first-order valence-corrected chi connectivity index (χ1v) is 11.5. The molecule has 10 nitrogen and oxygen atoms in total. The fourth-order valence-corrected chi connectivity index (χ4v) is 3.75. The van der Waals surface area contributed by atoms with E-state index >= 15 is 0 Å². The maximum atomic E-state index is 12.0. The minimum Gasteiger partial charge on any atom is -0.507 e. The predicted octanol–water partition coefficient (Wildman–Crippen LogP) is 3.17. The minimum absolute atomic E-state index is 0.104. The number of fused-ring (bicyclic) bond motifs is 1. The van der Waals surface area contributed by atoms with Crippen LogP contribution in [0.4, 0.5) is 10.5 Å². The number of ether oxygens (including phenoxy) is 1. The summed E-state index contributed by atoms with van der Waals surface area (Å²) in [5, 5.41) is 12.2. The number of carbonyl (C=O) groups is 1. The normalized spacial score (nSPS) is 12.1. The second-order valence-electron chi connectivity index (χ2n) is 6.28. The van der Waals surface area contributed by atoms with Crippen LogP contribution in [0.25, 0.3) is 10.8 Å². The minimum atomic E-state index is -4.73. The van der Waals surface area contributed by atoms with Gasteiger partial charge in [0, 0.05) is 11.5 Å². The molecule has 0 atom stereocenters. The Bertz CT molecular complexity index is 1120. The molecular weight excluding hydrogens is 426 g/mol. The number of carbonyl (C=O) groups excluding carboxylic acids is 1. The van der Waals surface area contributed by atoms with Crippen molar-refractivity contribution in [2.45, 2.75) is 42.4 Å². The van der Waals surface area contributed by atoms with E-state index in [-0.39, 0.29) is 23.1 Å². The van der Waals surface area contributed by atoms with E-state index in [4.69, 9.17) is 4.74 Å². The Balaban J connectivity index is 2.46. The third kappa shape index (κ3) is 6.03. The van der Waals surface area contributed by atoms with Gasteiger partial charge in [-0.25, -0.2) is 4.79 Å². The summed E-state index contributed by atoms with van der Waals surface area (Å²) in [7, 11) is -9.43. The highest BCUT2D eigenvalue weighted by molar-refractivity contribution is 7.86. The molecule has 0 saturated heterocycles. The van der Waals surface area contributed by atoms with Gasteiger partial charge in [0.1, 0.15) is 5.75 Å². The van der Waals surface area contributed by atoms with Crippen LogP contribution in [-0.2, 0) is 25.0 Å². The molecule has 0 bridgehead atoms. The van der Waals surface area contributed by atoms with E-state index in [0.29, 0.717) is 6.42 Å². The van der Waals surface area contributed by atoms with Gasteiger partial charge in [0.2, 0.25) is 0 Å². The lowest BCUT2D eigenvalue weighted by molar-refractivity contribution is 0.159. The average Bonchev–Trinajstić information content (AvgIpc) is 2.59. The fraction of sp³-hybridized carbons (Fsp3) is 0.353. The molecule has 12 heteroatoms. The molecule has 0 aliphatic rings. The molecule has 0 spiro atoms. The van der Waals surface area contributed by atoms with Crippen LogP contribution >= 0.6 is 0 Å². The first-order valence-electron chi connectivity index (χ1n) is 8.63. The van der Waals surface area contributed by atoms with Gasteiger partial charge in [0.05, 0.1) is 22.1 Å². The Hall–Kier alpha value is -2.41. The highest BCUT2D eigenvalue weighted by Crippen LogP contribution is 2.36. The highest BCUT2D eigenvalue weighted by Gasteiger charge is 2.20. The molecule has 0 radical (unpaired) electrons. The van der Waals surface area contributed by atoms with Gasteiger partial charge in [-0.15, -0.1) is 0 Å². The first-order chi connectivity index (χ1) is 13.4. The molecule has 2 rings (SSSR count). The molecule has 0 aromatic heterocycles. The first kappa shape index (κ1) is 22.9. The zero-order valence-corrected chi connectivity index (χ0v) is 17.1. The molecule has 29 heavy (non-hydrogen) atoms. The number of rotatable bonds is 8. The van der Waals surface area contributed by atoms with Crippen LogP contribution in [0.1, 0.15) is 32.6 Å². The lowest BCUT2D eigenvalue weighted by atomic mass is 10.1. The van der Waals surface area contributed by atoms with Gasteiger partial charge < -0.3 is 9.84 Å². The summed E-state index contributed by atoms with van der Waals surface area (Å²) in [5.41, 5.74) is -0.229. The maximum Gasteiger partial charge on any atom is 0.411 e. The van der Waals surface area contributed by atoms with Crippen molar-refractivity contribution < 1.29 is 40.6 Å². The van der Waals surface area contributed by atoms with Crippen LogP contribution in [0.15, 0.2) is 34.1 Å². The molecule has 0 saturated carbocycles. The summed E-state index contributed by atoms with van der Waals surface area (Å²) < 4.78 is 69.3. The van der Waals surface area contributed by atoms with Crippen LogP contribution in [0.2, 0.25) is 0 Å². The third-order valence-electron chi connectivity index (χ3n) is 4.04. The highest BCUT2D eigenvalue weighted by atomic mass is 32.2. The van der Waals surface area contributed by atoms with Crippen molar-refractivity contribution in [3.63, 3.8) is 0 Å². The number of unbranched alkanes of at least 4 members (excludes halogenated alkanes) is 3. The standard InChI is InChI=1S/C17H21NO9S2/c1-2-3-4-5-6-27-17(20)18-14-9-12(28(21,22)23)7-11-8-13(29(24,25)26)10-15(19)16(11)14/h7-10,19H,2-6H2,1H3,(H,18,20)(H,21,22,23)(H,24,25,26). The van der Waals surface area contributed by atoms with Crippen molar-refractivity contribution in [3.05, 3.63) is 24.3 Å². The van der Waals surface area contributed by atoms with Crippen LogP contribution in [-0.4, -0.2) is 43.7 Å². The molecule has 2 aromatic carbocycles. The molecule has 0 aliphatic carbocycles. The van der Waals surface area contributed by atoms with Crippen LogP contribution in [0.3, 0.4) is 0 Å². The second-order valence-corrected chi connectivity index (χ2v) is 9.13. The van der Waals surface area contributed by atoms with Crippen LogP contribution in [0.5, 0.6) is 5.75 Å². The third-order valence-corrected chi connectivity index (χ3v) is 5.70. The predicted molar refractivity (Wildman–Crippen MR) is 104 cm³/mol. The van der Waals surface area contributed by atoms with Crippen molar-refractivity contribution in [3.8, 4) is 5.75 Å². The molecular formula is C17H21NO9S2. The fourth-order valence-electron chi connectivity index (χ4n) is 2.67. The van der Waals surface area contributed by atoms with Crippen molar-refractivity contribution in [2.24, 2.45) is 0 Å². The Labute approximate surface area is 168 Å². The van der Waals surface area contributed by atoms with Crippen LogP contribution in [0, 0.1) is 0 Å². The molecule has 0 heterocycles. The number of amides is 1. The Morgan fingerprint density at radius 1 is 0.966 bits per heavy atom. The monoisotopic (exact) mass is 447 g/mol. The topological polar surface area (TPSA) is 167 Å². The molecule has 0 fully saturated rings. The van der Waals surface area contributed by atoms with E-state index in [1.54, 1.807) is 0 Å². The molecule has 0 unspecified atom stereocenters. The summed E-state index contributed by atoms with van der Waals surface area (Å²) >= 11 is 0. The number of anilines is 1. The number of aromatic hydroxyl groups is 1. The molecule has 2 aromatic rings. The number of phenolic OH excluding ortho intramolecular Hbond substituents is 1. The zero-order valence-electron chi connectivity index (χ0n) is 15.5. The van der Waals surface area contributed by atoms with Gasteiger partial charge in [-0.2, -0.15) is 16.8 Å². The van der Waals surface area contributed by atoms with E-state index in [0.717, 1.165) is 43.5 Å². The van der Waals surface area contributed by atoms with Gasteiger partial charge in [0.15, 0.2) is 0 Å². The lowest BCUT2D eigenvalue weighted by Crippen LogP contribution is -2.15. The number of hydrogen-bond acceptors (Lipinski definition) is 7. The van der Waals surface area contributed by atoms with Gasteiger partial charge >= 0.3 is 6.09 Å². The van der Waals surface area contributed by atoms with E-state index in [1.807, 2.05) is 6.92 Å². The smallest absolute Gasteiger partial charge is 0.411 e.